The lowest BCUT2D eigenvalue weighted by Crippen LogP contribution is -2.60. The number of amides is 1. The molecule has 9 atom stereocenters. The monoisotopic (exact) mass is 496 g/mol. The van der Waals surface area contributed by atoms with Gasteiger partial charge in [0, 0.05) is 23.8 Å². The van der Waals surface area contributed by atoms with Crippen LogP contribution in [0.25, 0.3) is 10.9 Å². The number of nitrogens with zero attached hydrogens (tertiary/aromatic N) is 2. The Morgan fingerprint density at radius 3 is 2.75 bits per heavy atom. The van der Waals surface area contributed by atoms with Crippen LogP contribution in [0, 0.1) is 11.8 Å². The maximum Gasteiger partial charge on any atom is 0.254 e. The van der Waals surface area contributed by atoms with Crippen molar-refractivity contribution in [2.45, 2.75) is 56.0 Å². The molecule has 5 heterocycles. The van der Waals surface area contributed by atoms with Gasteiger partial charge in [-0.1, -0.05) is 24.3 Å². The van der Waals surface area contributed by atoms with Crippen LogP contribution in [0.15, 0.2) is 54.8 Å². The maximum atomic E-state index is 13.5. The lowest BCUT2D eigenvalue weighted by Gasteiger charge is -2.45. The Hall–Kier alpha value is -2.86. The second-order valence-electron chi connectivity index (χ2n) is 9.74. The number of para-hydroxylation sites is 1. The van der Waals surface area contributed by atoms with E-state index in [1.165, 1.54) is 6.26 Å². The molecule has 4 N–H and O–H groups in total. The van der Waals surface area contributed by atoms with Gasteiger partial charge in [-0.3, -0.25) is 9.78 Å². The number of piperidine rings is 1. The zero-order valence-corrected chi connectivity index (χ0v) is 19.4. The van der Waals surface area contributed by atoms with Gasteiger partial charge in [0.05, 0.1) is 35.7 Å². The van der Waals surface area contributed by atoms with Crippen LogP contribution in [0.1, 0.15) is 23.7 Å². The summed E-state index contributed by atoms with van der Waals surface area (Å²) in [6, 6.07) is 9.76. The van der Waals surface area contributed by atoms with E-state index in [-0.39, 0.29) is 17.9 Å². The molecule has 10 heteroatoms. The van der Waals surface area contributed by atoms with E-state index in [4.69, 9.17) is 19.2 Å². The van der Waals surface area contributed by atoms with Gasteiger partial charge in [0.25, 0.3) is 5.91 Å². The minimum Gasteiger partial charge on any atom is -0.471 e. The largest absolute Gasteiger partial charge is 0.471 e. The van der Waals surface area contributed by atoms with E-state index in [1.807, 2.05) is 29.2 Å². The topological polar surface area (TPSA) is 142 Å². The van der Waals surface area contributed by atoms with Crippen molar-refractivity contribution >= 4 is 16.8 Å². The molecule has 4 aliphatic heterocycles. The highest BCUT2D eigenvalue weighted by atomic mass is 16.8. The highest BCUT2D eigenvalue weighted by molar-refractivity contribution is 5.96. The molecule has 1 aromatic carbocycles. The van der Waals surface area contributed by atoms with Crippen molar-refractivity contribution in [3.05, 3.63) is 66.1 Å². The molecular formula is C26H28N2O8. The van der Waals surface area contributed by atoms with Crippen LogP contribution in [0.5, 0.6) is 0 Å². The molecule has 0 unspecified atom stereocenters. The molecule has 4 aliphatic rings. The molecule has 0 radical (unpaired) electrons. The smallest absolute Gasteiger partial charge is 0.254 e. The Bertz CT molecular complexity index is 1230. The summed E-state index contributed by atoms with van der Waals surface area (Å²) in [5, 5.41) is 41.0. The SMILES string of the molecule is C=C[C@H]1[C@H](O[C@H]2O[C@H](CO)[C@@H](O)[C@H](O)[C@H]2O)OC=C2C(=O)N3Cc4cc5ccccc5nc4[C@H]3C[C@H]21. The molecule has 1 aromatic heterocycles. The fourth-order valence-corrected chi connectivity index (χ4v) is 5.81. The van der Waals surface area contributed by atoms with Crippen LogP contribution in [-0.4, -0.2) is 79.8 Å². The Labute approximate surface area is 207 Å². The second kappa shape index (κ2) is 8.91. The van der Waals surface area contributed by atoms with Crippen molar-refractivity contribution < 1.29 is 39.4 Å². The minimum atomic E-state index is -1.57. The molecule has 2 saturated heterocycles. The third-order valence-corrected chi connectivity index (χ3v) is 7.75. The highest BCUT2D eigenvalue weighted by Gasteiger charge is 2.51. The number of benzene rings is 1. The van der Waals surface area contributed by atoms with Crippen molar-refractivity contribution in [1.29, 1.82) is 0 Å². The first kappa shape index (κ1) is 23.5. The van der Waals surface area contributed by atoms with E-state index in [0.717, 1.165) is 22.2 Å². The standard InChI is InChI=1S/C26H28N2O8/c1-2-14-15-8-18-20-13(7-12-5-3-4-6-17(12)27-20)9-28(18)24(33)16(15)11-34-25(14)36-26-23(32)22(31)21(30)19(10-29)35-26/h2-7,11,14-15,18-19,21-23,25-26,29-32H,1,8-10H2/t14-,15+,18-,19-,21-,22+,23-,25+,26-/m1/s1. The molecule has 2 aromatic rings. The van der Waals surface area contributed by atoms with E-state index in [9.17, 15) is 25.2 Å². The highest BCUT2D eigenvalue weighted by Crippen LogP contribution is 2.49. The molecule has 190 valence electrons. The van der Waals surface area contributed by atoms with E-state index >= 15 is 0 Å². The predicted molar refractivity (Wildman–Crippen MR) is 125 cm³/mol. The Morgan fingerprint density at radius 2 is 1.97 bits per heavy atom. The molecule has 0 saturated carbocycles. The van der Waals surface area contributed by atoms with Crippen molar-refractivity contribution in [2.24, 2.45) is 11.8 Å². The summed E-state index contributed by atoms with van der Waals surface area (Å²) in [6.07, 6.45) is -4.43. The van der Waals surface area contributed by atoms with Crippen LogP contribution >= 0.6 is 0 Å². The minimum absolute atomic E-state index is 0.128. The van der Waals surface area contributed by atoms with Gasteiger partial charge in [-0.25, -0.2) is 0 Å². The lowest BCUT2D eigenvalue weighted by molar-refractivity contribution is -0.339. The number of hydrogen-bond acceptors (Lipinski definition) is 9. The normalized spacial score (nSPS) is 37.6. The Kier molecular flexibility index (Phi) is 5.83. The number of aromatic nitrogens is 1. The summed E-state index contributed by atoms with van der Waals surface area (Å²) in [4.78, 5) is 20.2. The quantitative estimate of drug-likeness (QED) is 0.445. The number of aliphatic hydroxyl groups is 4. The fraction of sp³-hybridized carbons (Fsp3) is 0.462. The first-order valence-electron chi connectivity index (χ1n) is 12.0. The molecule has 0 bridgehead atoms. The Morgan fingerprint density at radius 1 is 1.17 bits per heavy atom. The molecule has 6 rings (SSSR count). The van der Waals surface area contributed by atoms with E-state index in [0.29, 0.717) is 18.5 Å². The number of aliphatic hydroxyl groups excluding tert-OH is 4. The van der Waals surface area contributed by atoms with Gasteiger partial charge in [0.2, 0.25) is 6.29 Å². The lowest BCUT2D eigenvalue weighted by atomic mass is 9.76. The number of carbonyl (C=O) groups excluding carboxylic acids is 1. The molecule has 36 heavy (non-hydrogen) atoms. The number of fused-ring (bicyclic) bond motifs is 5. The second-order valence-corrected chi connectivity index (χ2v) is 9.74. The summed E-state index contributed by atoms with van der Waals surface area (Å²) in [7, 11) is 0. The molecule has 1 amide bonds. The van der Waals surface area contributed by atoms with Gasteiger partial charge in [-0.2, -0.15) is 0 Å². The molecular weight excluding hydrogens is 468 g/mol. The first-order valence-corrected chi connectivity index (χ1v) is 12.0. The number of carbonyl (C=O) groups is 1. The summed E-state index contributed by atoms with van der Waals surface area (Å²) in [6.45, 7) is 3.84. The molecule has 10 nitrogen and oxygen atoms in total. The van der Waals surface area contributed by atoms with Crippen LogP contribution in [-0.2, 0) is 25.5 Å². The van der Waals surface area contributed by atoms with Crippen molar-refractivity contribution in [3.8, 4) is 0 Å². The summed E-state index contributed by atoms with van der Waals surface area (Å²) in [5.74, 6) is -0.872. The summed E-state index contributed by atoms with van der Waals surface area (Å²) >= 11 is 0. The average molecular weight is 497 g/mol. The van der Waals surface area contributed by atoms with E-state index in [1.54, 1.807) is 6.08 Å². The third kappa shape index (κ3) is 3.56. The van der Waals surface area contributed by atoms with Gasteiger partial charge < -0.3 is 39.5 Å². The van der Waals surface area contributed by atoms with Gasteiger partial charge in [0.1, 0.15) is 24.4 Å². The van der Waals surface area contributed by atoms with Crippen LogP contribution in [0.2, 0.25) is 0 Å². The summed E-state index contributed by atoms with van der Waals surface area (Å²) in [5.41, 5.74) is 3.31. The predicted octanol–water partition coefficient (Wildman–Crippen LogP) is 0.497. The van der Waals surface area contributed by atoms with E-state index < -0.39 is 49.5 Å². The summed E-state index contributed by atoms with van der Waals surface area (Å²) < 4.78 is 17.2. The molecule has 2 fully saturated rings. The average Bonchev–Trinajstić information content (AvgIpc) is 3.25. The Balaban J connectivity index is 1.27. The van der Waals surface area contributed by atoms with Crippen LogP contribution in [0.4, 0.5) is 0 Å². The van der Waals surface area contributed by atoms with Gasteiger partial charge in [-0.05, 0) is 24.1 Å². The number of ether oxygens (including phenoxy) is 3. The first-order chi connectivity index (χ1) is 17.4. The molecule has 0 spiro atoms. The zero-order valence-electron chi connectivity index (χ0n) is 19.4. The molecule has 0 aliphatic carbocycles. The number of pyridine rings is 1. The van der Waals surface area contributed by atoms with Crippen LogP contribution in [0.3, 0.4) is 0 Å². The van der Waals surface area contributed by atoms with Crippen LogP contribution < -0.4 is 0 Å². The van der Waals surface area contributed by atoms with Gasteiger partial charge in [0.15, 0.2) is 6.29 Å². The zero-order chi connectivity index (χ0) is 25.1. The van der Waals surface area contributed by atoms with Gasteiger partial charge in [-0.15, -0.1) is 6.58 Å². The van der Waals surface area contributed by atoms with Crippen molar-refractivity contribution in [2.75, 3.05) is 6.61 Å². The van der Waals surface area contributed by atoms with Crippen molar-refractivity contribution in [1.82, 2.24) is 9.88 Å². The number of rotatable bonds is 4. The van der Waals surface area contributed by atoms with Crippen molar-refractivity contribution in [3.63, 3.8) is 0 Å². The van der Waals surface area contributed by atoms with E-state index in [2.05, 4.69) is 12.6 Å². The maximum absolute atomic E-state index is 13.5. The third-order valence-electron chi connectivity index (χ3n) is 7.75. The van der Waals surface area contributed by atoms with Gasteiger partial charge >= 0.3 is 0 Å². The number of hydrogen-bond donors (Lipinski definition) is 4. The fourth-order valence-electron chi connectivity index (χ4n) is 5.81.